The first-order valence-electron chi connectivity index (χ1n) is 6.61. The standard InChI is InChI=1S/C14H17N3O2/c15-11-5-1-4-10(7-11)14-16-13(17-19-14)9-3-2-6-12(18)8-9/h2-3,6,8,10-11,18H,1,4-5,7,15H2. The van der Waals surface area contributed by atoms with E-state index in [2.05, 4.69) is 10.1 Å². The van der Waals surface area contributed by atoms with Gasteiger partial charge in [0.1, 0.15) is 5.75 Å². The van der Waals surface area contributed by atoms with E-state index >= 15 is 0 Å². The molecule has 5 heteroatoms. The molecular formula is C14H17N3O2. The van der Waals surface area contributed by atoms with Crippen molar-refractivity contribution in [3.8, 4) is 17.1 Å². The number of benzene rings is 1. The summed E-state index contributed by atoms with van der Waals surface area (Å²) in [5.41, 5.74) is 6.74. The molecule has 0 aliphatic heterocycles. The van der Waals surface area contributed by atoms with Crippen LogP contribution in [-0.4, -0.2) is 21.3 Å². The molecule has 1 saturated carbocycles. The Labute approximate surface area is 111 Å². The van der Waals surface area contributed by atoms with Crippen LogP contribution in [0.3, 0.4) is 0 Å². The molecule has 1 aliphatic rings. The van der Waals surface area contributed by atoms with Gasteiger partial charge < -0.3 is 15.4 Å². The third-order valence-electron chi connectivity index (χ3n) is 3.61. The average molecular weight is 259 g/mol. The normalized spacial score (nSPS) is 23.4. The topological polar surface area (TPSA) is 85.2 Å². The third-order valence-corrected chi connectivity index (χ3v) is 3.61. The van der Waals surface area contributed by atoms with Crippen LogP contribution in [0.5, 0.6) is 5.75 Å². The predicted molar refractivity (Wildman–Crippen MR) is 70.6 cm³/mol. The Morgan fingerprint density at radius 1 is 1.32 bits per heavy atom. The molecule has 3 N–H and O–H groups in total. The summed E-state index contributed by atoms with van der Waals surface area (Å²) in [6.07, 6.45) is 4.14. The highest BCUT2D eigenvalue weighted by Crippen LogP contribution is 2.32. The fourth-order valence-corrected chi connectivity index (χ4v) is 2.62. The zero-order valence-electron chi connectivity index (χ0n) is 10.6. The Morgan fingerprint density at radius 3 is 3.00 bits per heavy atom. The van der Waals surface area contributed by atoms with Crippen molar-refractivity contribution in [1.82, 2.24) is 10.1 Å². The summed E-state index contributed by atoms with van der Waals surface area (Å²) in [6, 6.07) is 7.08. The molecule has 2 unspecified atom stereocenters. The van der Waals surface area contributed by atoms with Gasteiger partial charge in [0.25, 0.3) is 0 Å². The van der Waals surface area contributed by atoms with E-state index in [9.17, 15) is 5.11 Å². The number of nitrogens with two attached hydrogens (primary N) is 1. The van der Waals surface area contributed by atoms with Crippen molar-refractivity contribution in [1.29, 1.82) is 0 Å². The predicted octanol–water partition coefficient (Wildman–Crippen LogP) is 2.43. The van der Waals surface area contributed by atoms with Crippen molar-refractivity contribution < 1.29 is 9.63 Å². The van der Waals surface area contributed by atoms with Gasteiger partial charge in [-0.15, -0.1) is 0 Å². The van der Waals surface area contributed by atoms with Gasteiger partial charge in [0.05, 0.1) is 0 Å². The molecule has 1 heterocycles. The molecule has 1 aliphatic carbocycles. The van der Waals surface area contributed by atoms with E-state index in [1.165, 1.54) is 0 Å². The van der Waals surface area contributed by atoms with Crippen LogP contribution in [0.2, 0.25) is 0 Å². The summed E-state index contributed by atoms with van der Waals surface area (Å²) in [5, 5.41) is 13.5. The number of aromatic hydroxyl groups is 1. The van der Waals surface area contributed by atoms with Crippen molar-refractivity contribution >= 4 is 0 Å². The van der Waals surface area contributed by atoms with E-state index in [0.29, 0.717) is 11.7 Å². The molecule has 2 atom stereocenters. The highest BCUT2D eigenvalue weighted by molar-refractivity contribution is 5.56. The number of phenols is 1. The van der Waals surface area contributed by atoms with Crippen LogP contribution in [0, 0.1) is 0 Å². The first-order chi connectivity index (χ1) is 9.22. The van der Waals surface area contributed by atoms with Crippen molar-refractivity contribution in [2.45, 2.75) is 37.6 Å². The minimum Gasteiger partial charge on any atom is -0.508 e. The smallest absolute Gasteiger partial charge is 0.230 e. The zero-order valence-corrected chi connectivity index (χ0v) is 10.6. The molecule has 1 fully saturated rings. The van der Waals surface area contributed by atoms with Crippen molar-refractivity contribution in [3.63, 3.8) is 0 Å². The summed E-state index contributed by atoms with van der Waals surface area (Å²) in [4.78, 5) is 4.44. The summed E-state index contributed by atoms with van der Waals surface area (Å²) in [5.74, 6) is 1.64. The highest BCUT2D eigenvalue weighted by atomic mass is 16.5. The highest BCUT2D eigenvalue weighted by Gasteiger charge is 2.25. The summed E-state index contributed by atoms with van der Waals surface area (Å²) in [7, 11) is 0. The lowest BCUT2D eigenvalue weighted by Crippen LogP contribution is -2.26. The molecule has 0 amide bonds. The van der Waals surface area contributed by atoms with Crippen LogP contribution in [0.15, 0.2) is 28.8 Å². The van der Waals surface area contributed by atoms with Gasteiger partial charge in [-0.2, -0.15) is 4.98 Å². The van der Waals surface area contributed by atoms with E-state index in [4.69, 9.17) is 10.3 Å². The molecule has 1 aromatic heterocycles. The van der Waals surface area contributed by atoms with Crippen LogP contribution in [0.4, 0.5) is 0 Å². The monoisotopic (exact) mass is 259 g/mol. The maximum Gasteiger partial charge on any atom is 0.230 e. The molecule has 19 heavy (non-hydrogen) atoms. The lowest BCUT2D eigenvalue weighted by molar-refractivity contribution is 0.299. The Morgan fingerprint density at radius 2 is 2.21 bits per heavy atom. The van der Waals surface area contributed by atoms with Crippen LogP contribution in [0.1, 0.15) is 37.5 Å². The molecule has 1 aromatic carbocycles. The van der Waals surface area contributed by atoms with E-state index in [0.717, 1.165) is 31.2 Å². The van der Waals surface area contributed by atoms with E-state index in [1.807, 2.05) is 6.07 Å². The summed E-state index contributed by atoms with van der Waals surface area (Å²) < 4.78 is 5.35. The molecule has 0 bridgehead atoms. The number of rotatable bonds is 2. The number of hydrogen-bond donors (Lipinski definition) is 2. The molecular weight excluding hydrogens is 242 g/mol. The first kappa shape index (κ1) is 12.2. The minimum absolute atomic E-state index is 0.198. The molecule has 100 valence electrons. The molecule has 0 radical (unpaired) electrons. The summed E-state index contributed by atoms with van der Waals surface area (Å²) in [6.45, 7) is 0. The van der Waals surface area contributed by atoms with Gasteiger partial charge in [-0.05, 0) is 31.4 Å². The second-order valence-corrected chi connectivity index (χ2v) is 5.13. The van der Waals surface area contributed by atoms with Gasteiger partial charge >= 0.3 is 0 Å². The minimum atomic E-state index is 0.198. The van der Waals surface area contributed by atoms with E-state index in [-0.39, 0.29) is 17.7 Å². The zero-order chi connectivity index (χ0) is 13.2. The molecule has 0 saturated heterocycles. The van der Waals surface area contributed by atoms with Crippen molar-refractivity contribution in [3.05, 3.63) is 30.2 Å². The quantitative estimate of drug-likeness (QED) is 0.865. The van der Waals surface area contributed by atoms with Crippen LogP contribution in [0.25, 0.3) is 11.4 Å². The Bertz CT molecular complexity index is 567. The van der Waals surface area contributed by atoms with Gasteiger partial charge in [-0.25, -0.2) is 0 Å². The number of aromatic nitrogens is 2. The maximum atomic E-state index is 9.46. The van der Waals surface area contributed by atoms with Crippen molar-refractivity contribution in [2.24, 2.45) is 5.73 Å². The van der Waals surface area contributed by atoms with Gasteiger partial charge in [0.2, 0.25) is 11.7 Å². The van der Waals surface area contributed by atoms with Gasteiger partial charge in [-0.3, -0.25) is 0 Å². The largest absolute Gasteiger partial charge is 0.508 e. The average Bonchev–Trinajstić information content (AvgIpc) is 2.88. The molecule has 0 spiro atoms. The summed E-state index contributed by atoms with van der Waals surface area (Å²) >= 11 is 0. The number of nitrogens with zero attached hydrogens (tertiary/aromatic N) is 2. The van der Waals surface area contributed by atoms with Gasteiger partial charge in [0, 0.05) is 17.5 Å². The lowest BCUT2D eigenvalue weighted by Gasteiger charge is -2.23. The fourth-order valence-electron chi connectivity index (χ4n) is 2.62. The third kappa shape index (κ3) is 2.61. The second-order valence-electron chi connectivity index (χ2n) is 5.13. The van der Waals surface area contributed by atoms with Crippen molar-refractivity contribution in [2.75, 3.05) is 0 Å². The SMILES string of the molecule is NC1CCCC(c2nc(-c3cccc(O)c3)no2)C1. The maximum absolute atomic E-state index is 9.46. The van der Waals surface area contributed by atoms with E-state index < -0.39 is 0 Å². The second kappa shape index (κ2) is 5.01. The van der Waals surface area contributed by atoms with Crippen LogP contribution >= 0.6 is 0 Å². The van der Waals surface area contributed by atoms with Gasteiger partial charge in [-0.1, -0.05) is 23.7 Å². The molecule has 3 rings (SSSR count). The molecule has 5 nitrogen and oxygen atoms in total. The Balaban J connectivity index is 1.83. The fraction of sp³-hybridized carbons (Fsp3) is 0.429. The lowest BCUT2D eigenvalue weighted by atomic mass is 9.86. The van der Waals surface area contributed by atoms with Crippen LogP contribution in [-0.2, 0) is 0 Å². The van der Waals surface area contributed by atoms with E-state index in [1.54, 1.807) is 18.2 Å². The number of hydrogen-bond acceptors (Lipinski definition) is 5. The van der Waals surface area contributed by atoms with Crippen LogP contribution < -0.4 is 5.73 Å². The first-order valence-corrected chi connectivity index (χ1v) is 6.61. The number of phenolic OH excluding ortho intramolecular Hbond substituents is 1. The van der Waals surface area contributed by atoms with Gasteiger partial charge in [0.15, 0.2) is 0 Å². The Hall–Kier alpha value is -1.88. The Kier molecular flexibility index (Phi) is 3.21. The molecule has 2 aromatic rings.